The van der Waals surface area contributed by atoms with Crippen LogP contribution in [0.3, 0.4) is 0 Å². The molecule has 1 saturated carbocycles. The van der Waals surface area contributed by atoms with Gasteiger partial charge in [-0.25, -0.2) is 0 Å². The molecule has 0 unspecified atom stereocenters. The van der Waals surface area contributed by atoms with E-state index in [2.05, 4.69) is 4.74 Å². The monoisotopic (exact) mass is 130 g/mol. The van der Waals surface area contributed by atoms with Gasteiger partial charge in [-0.1, -0.05) is 0 Å². The van der Waals surface area contributed by atoms with Crippen molar-refractivity contribution in [2.24, 2.45) is 5.92 Å². The highest BCUT2D eigenvalue weighted by molar-refractivity contribution is 5.76. The SMILES string of the molecule is COC(=O)[C@H]1C[C@@H]1OC. The minimum atomic E-state index is -0.151. The van der Waals surface area contributed by atoms with E-state index in [0.29, 0.717) is 0 Å². The molecular weight excluding hydrogens is 120 g/mol. The van der Waals surface area contributed by atoms with E-state index in [-0.39, 0.29) is 18.0 Å². The summed E-state index contributed by atoms with van der Waals surface area (Å²) in [5.74, 6) is -0.137. The van der Waals surface area contributed by atoms with Gasteiger partial charge in [0.05, 0.1) is 19.1 Å². The lowest BCUT2D eigenvalue weighted by Crippen LogP contribution is -2.06. The average Bonchev–Trinajstić information content (AvgIpc) is 2.64. The second kappa shape index (κ2) is 2.35. The van der Waals surface area contributed by atoms with Crippen LogP contribution in [0.4, 0.5) is 0 Å². The van der Waals surface area contributed by atoms with Crippen LogP contribution in [0.25, 0.3) is 0 Å². The standard InChI is InChI=1S/C6H10O3/c1-8-5-3-4(5)6(7)9-2/h4-5H,3H2,1-2H3/t4-,5-/m0/s1. The number of carbonyl (C=O) groups excluding carboxylic acids is 1. The van der Waals surface area contributed by atoms with Gasteiger partial charge >= 0.3 is 5.97 Å². The van der Waals surface area contributed by atoms with E-state index in [4.69, 9.17) is 4.74 Å². The summed E-state index contributed by atoms with van der Waals surface area (Å²) in [6, 6.07) is 0. The number of hydrogen-bond acceptors (Lipinski definition) is 3. The molecule has 3 nitrogen and oxygen atoms in total. The third kappa shape index (κ3) is 1.21. The summed E-state index contributed by atoms with van der Waals surface area (Å²) in [5, 5.41) is 0. The Hall–Kier alpha value is -0.570. The molecule has 1 rings (SSSR count). The molecule has 1 aliphatic carbocycles. The Kier molecular flexibility index (Phi) is 1.71. The van der Waals surface area contributed by atoms with Crippen LogP contribution in [0.1, 0.15) is 6.42 Å². The second-order valence-corrected chi connectivity index (χ2v) is 2.14. The van der Waals surface area contributed by atoms with Gasteiger partial charge in [0.25, 0.3) is 0 Å². The van der Waals surface area contributed by atoms with E-state index >= 15 is 0 Å². The van der Waals surface area contributed by atoms with Crippen LogP contribution in [0.15, 0.2) is 0 Å². The van der Waals surface area contributed by atoms with E-state index in [1.807, 2.05) is 0 Å². The van der Waals surface area contributed by atoms with E-state index in [0.717, 1.165) is 6.42 Å². The quantitative estimate of drug-likeness (QED) is 0.501. The molecule has 0 aromatic carbocycles. The zero-order chi connectivity index (χ0) is 6.85. The first-order chi connectivity index (χ1) is 4.29. The third-order valence-electron chi connectivity index (χ3n) is 1.54. The highest BCUT2D eigenvalue weighted by atomic mass is 16.5. The third-order valence-corrected chi connectivity index (χ3v) is 1.54. The first-order valence-corrected chi connectivity index (χ1v) is 2.90. The van der Waals surface area contributed by atoms with Crippen LogP contribution in [0.5, 0.6) is 0 Å². The maximum atomic E-state index is 10.6. The fourth-order valence-corrected chi connectivity index (χ4v) is 0.832. The molecule has 0 N–H and O–H groups in total. The van der Waals surface area contributed by atoms with Gasteiger partial charge in [0.15, 0.2) is 0 Å². The fraction of sp³-hybridized carbons (Fsp3) is 0.833. The van der Waals surface area contributed by atoms with Gasteiger partial charge in [-0.3, -0.25) is 4.79 Å². The number of rotatable bonds is 2. The lowest BCUT2D eigenvalue weighted by molar-refractivity contribution is -0.143. The predicted molar refractivity (Wildman–Crippen MR) is 30.9 cm³/mol. The maximum absolute atomic E-state index is 10.6. The molecule has 0 heterocycles. The molecule has 1 fully saturated rings. The molecule has 0 aromatic heterocycles. The van der Waals surface area contributed by atoms with Crippen molar-refractivity contribution in [1.29, 1.82) is 0 Å². The summed E-state index contributed by atoms with van der Waals surface area (Å²) in [5.41, 5.74) is 0. The van der Waals surface area contributed by atoms with Crippen molar-refractivity contribution in [2.45, 2.75) is 12.5 Å². The largest absolute Gasteiger partial charge is 0.469 e. The molecule has 0 aromatic rings. The van der Waals surface area contributed by atoms with Crippen molar-refractivity contribution in [3.05, 3.63) is 0 Å². The Labute approximate surface area is 53.9 Å². The summed E-state index contributed by atoms with van der Waals surface area (Å²) in [4.78, 5) is 10.6. The molecule has 0 radical (unpaired) electrons. The van der Waals surface area contributed by atoms with Crippen LogP contribution in [0, 0.1) is 5.92 Å². The first kappa shape index (κ1) is 6.55. The first-order valence-electron chi connectivity index (χ1n) is 2.90. The van der Waals surface area contributed by atoms with E-state index in [1.165, 1.54) is 7.11 Å². The van der Waals surface area contributed by atoms with Gasteiger partial charge in [-0.2, -0.15) is 0 Å². The van der Waals surface area contributed by atoms with Gasteiger partial charge in [0.2, 0.25) is 0 Å². The van der Waals surface area contributed by atoms with Crippen molar-refractivity contribution in [3.8, 4) is 0 Å². The Morgan fingerprint density at radius 1 is 1.56 bits per heavy atom. The molecule has 0 bridgehead atoms. The Balaban J connectivity index is 2.25. The van der Waals surface area contributed by atoms with Crippen molar-refractivity contribution in [3.63, 3.8) is 0 Å². The van der Waals surface area contributed by atoms with Crippen LogP contribution in [-0.4, -0.2) is 26.3 Å². The lowest BCUT2D eigenvalue weighted by atomic mass is 10.4. The summed E-state index contributed by atoms with van der Waals surface area (Å²) >= 11 is 0. The highest BCUT2D eigenvalue weighted by Crippen LogP contribution is 2.33. The van der Waals surface area contributed by atoms with Crippen LogP contribution < -0.4 is 0 Å². The van der Waals surface area contributed by atoms with Gasteiger partial charge in [0.1, 0.15) is 0 Å². The average molecular weight is 130 g/mol. The smallest absolute Gasteiger partial charge is 0.311 e. The van der Waals surface area contributed by atoms with E-state index < -0.39 is 0 Å². The second-order valence-electron chi connectivity index (χ2n) is 2.14. The topological polar surface area (TPSA) is 35.5 Å². The molecule has 3 heteroatoms. The molecule has 9 heavy (non-hydrogen) atoms. The normalized spacial score (nSPS) is 31.8. The Morgan fingerprint density at radius 2 is 2.22 bits per heavy atom. The number of carbonyl (C=O) groups is 1. The number of ether oxygens (including phenoxy) is 2. The van der Waals surface area contributed by atoms with Crippen molar-refractivity contribution < 1.29 is 14.3 Å². The van der Waals surface area contributed by atoms with Gasteiger partial charge in [-0.15, -0.1) is 0 Å². The van der Waals surface area contributed by atoms with Crippen LogP contribution >= 0.6 is 0 Å². The van der Waals surface area contributed by atoms with Gasteiger partial charge < -0.3 is 9.47 Å². The zero-order valence-corrected chi connectivity index (χ0v) is 5.59. The molecule has 0 aliphatic heterocycles. The maximum Gasteiger partial charge on any atom is 0.311 e. The number of esters is 1. The summed E-state index contributed by atoms with van der Waals surface area (Å²) < 4.78 is 9.38. The van der Waals surface area contributed by atoms with Crippen molar-refractivity contribution >= 4 is 5.97 Å². The minimum absolute atomic E-state index is 0.0139. The zero-order valence-electron chi connectivity index (χ0n) is 5.59. The van der Waals surface area contributed by atoms with Crippen molar-refractivity contribution in [1.82, 2.24) is 0 Å². The van der Waals surface area contributed by atoms with Crippen LogP contribution in [-0.2, 0) is 14.3 Å². The molecular formula is C6H10O3. The Morgan fingerprint density at radius 3 is 2.56 bits per heavy atom. The lowest BCUT2D eigenvalue weighted by Gasteiger charge is -1.94. The van der Waals surface area contributed by atoms with E-state index in [1.54, 1.807) is 7.11 Å². The molecule has 2 atom stereocenters. The van der Waals surface area contributed by atoms with E-state index in [9.17, 15) is 4.79 Å². The molecule has 0 saturated heterocycles. The van der Waals surface area contributed by atoms with Gasteiger partial charge in [-0.05, 0) is 6.42 Å². The van der Waals surface area contributed by atoms with Gasteiger partial charge in [0, 0.05) is 7.11 Å². The molecule has 1 aliphatic rings. The minimum Gasteiger partial charge on any atom is -0.469 e. The highest BCUT2D eigenvalue weighted by Gasteiger charge is 2.44. The fourth-order valence-electron chi connectivity index (χ4n) is 0.832. The summed E-state index contributed by atoms with van der Waals surface area (Å²) in [7, 11) is 3.00. The Bertz CT molecular complexity index is 121. The molecule has 52 valence electrons. The molecule has 0 spiro atoms. The number of hydrogen-bond donors (Lipinski definition) is 0. The predicted octanol–water partition coefficient (Wildman–Crippen LogP) is 0.194. The summed E-state index contributed by atoms with van der Waals surface area (Å²) in [6.45, 7) is 0. The number of methoxy groups -OCH3 is 2. The molecule has 0 amide bonds. The summed E-state index contributed by atoms with van der Waals surface area (Å²) in [6.07, 6.45) is 0.945. The van der Waals surface area contributed by atoms with Crippen LogP contribution in [0.2, 0.25) is 0 Å². The van der Waals surface area contributed by atoms with Crippen molar-refractivity contribution in [2.75, 3.05) is 14.2 Å².